The molecule has 2 N–H and O–H groups in total. The van der Waals surface area contributed by atoms with E-state index in [9.17, 15) is 19.8 Å². The Balaban J connectivity index is 2.20. The summed E-state index contributed by atoms with van der Waals surface area (Å²) in [6.07, 6.45) is 3.73. The summed E-state index contributed by atoms with van der Waals surface area (Å²) in [5.74, 6) is -1.23. The first-order valence-electron chi connectivity index (χ1n) is 7.59. The lowest BCUT2D eigenvalue weighted by atomic mass is 9.36. The van der Waals surface area contributed by atoms with Crippen molar-refractivity contribution in [3.63, 3.8) is 0 Å². The monoisotopic (exact) mass is 280 g/mol. The second-order valence-corrected chi connectivity index (χ2v) is 8.51. The molecule has 4 aliphatic carbocycles. The zero-order valence-corrected chi connectivity index (χ0v) is 12.5. The maximum Gasteiger partial charge on any atom is 0.309 e. The van der Waals surface area contributed by atoms with Gasteiger partial charge in [0, 0.05) is 0 Å². The van der Waals surface area contributed by atoms with E-state index >= 15 is 0 Å². The molecule has 0 spiro atoms. The molecule has 4 nitrogen and oxygen atoms in total. The first kappa shape index (κ1) is 13.9. The number of carbonyl (C=O) groups is 2. The van der Waals surface area contributed by atoms with E-state index in [4.69, 9.17) is 0 Å². The van der Waals surface area contributed by atoms with E-state index < -0.39 is 22.8 Å². The molecule has 0 amide bonds. The molecule has 4 aliphatic rings. The standard InChI is InChI=1S/C16H24O4/c1-14(2,3)11-15(12(17)18)5-9-4-10(7-15)8-16(11,6-9)13(19)20/h9-11H,4-8H2,1-3H3,(H,17,18)(H,19,20). The van der Waals surface area contributed by atoms with Crippen molar-refractivity contribution in [2.24, 2.45) is 34.0 Å². The molecule has 4 bridgehead atoms. The van der Waals surface area contributed by atoms with E-state index in [-0.39, 0.29) is 23.2 Å². The first-order valence-corrected chi connectivity index (χ1v) is 7.59. The van der Waals surface area contributed by atoms with Crippen LogP contribution in [0.25, 0.3) is 0 Å². The summed E-state index contributed by atoms with van der Waals surface area (Å²) in [4.78, 5) is 24.2. The number of aliphatic carboxylic acids is 2. The van der Waals surface area contributed by atoms with Gasteiger partial charge < -0.3 is 10.2 Å². The molecule has 0 aromatic heterocycles. The number of hydrogen-bond acceptors (Lipinski definition) is 2. The Hall–Kier alpha value is -1.06. The lowest BCUT2D eigenvalue weighted by Gasteiger charge is -2.66. The van der Waals surface area contributed by atoms with Gasteiger partial charge in [0.1, 0.15) is 0 Å². The van der Waals surface area contributed by atoms with Crippen LogP contribution in [0, 0.1) is 34.0 Å². The predicted octanol–water partition coefficient (Wildman–Crippen LogP) is 3.01. The van der Waals surface area contributed by atoms with Gasteiger partial charge in [-0.3, -0.25) is 9.59 Å². The van der Waals surface area contributed by atoms with E-state index in [2.05, 4.69) is 0 Å². The molecule has 112 valence electrons. The summed E-state index contributed by atoms with van der Waals surface area (Å²) >= 11 is 0. The van der Waals surface area contributed by atoms with Gasteiger partial charge in [-0.25, -0.2) is 0 Å². The van der Waals surface area contributed by atoms with Crippen LogP contribution in [0.5, 0.6) is 0 Å². The highest BCUT2D eigenvalue weighted by Crippen LogP contribution is 2.71. The number of rotatable bonds is 2. The van der Waals surface area contributed by atoms with Gasteiger partial charge in [0.25, 0.3) is 0 Å². The second kappa shape index (κ2) is 3.77. The van der Waals surface area contributed by atoms with Gasteiger partial charge in [-0.05, 0) is 55.3 Å². The van der Waals surface area contributed by atoms with Crippen LogP contribution in [0.1, 0.15) is 52.9 Å². The molecule has 20 heavy (non-hydrogen) atoms. The average Bonchev–Trinajstić information content (AvgIpc) is 2.24. The molecular formula is C16H24O4. The molecule has 4 saturated carbocycles. The van der Waals surface area contributed by atoms with Gasteiger partial charge in [0.05, 0.1) is 10.8 Å². The second-order valence-electron chi connectivity index (χ2n) is 8.51. The summed E-state index contributed by atoms with van der Waals surface area (Å²) in [6.45, 7) is 6.03. The lowest BCUT2D eigenvalue weighted by molar-refractivity contribution is -0.224. The van der Waals surface area contributed by atoms with Crippen LogP contribution in [0.15, 0.2) is 0 Å². The van der Waals surface area contributed by atoms with Crippen molar-refractivity contribution < 1.29 is 19.8 Å². The Kier molecular flexibility index (Phi) is 2.62. The Morgan fingerprint density at radius 3 is 1.50 bits per heavy atom. The predicted molar refractivity (Wildman–Crippen MR) is 73.1 cm³/mol. The molecule has 0 atom stereocenters. The molecule has 4 fully saturated rings. The van der Waals surface area contributed by atoms with Crippen molar-refractivity contribution in [3.05, 3.63) is 0 Å². The summed E-state index contributed by atoms with van der Waals surface area (Å²) in [5.41, 5.74) is -1.94. The zero-order chi connectivity index (χ0) is 14.9. The van der Waals surface area contributed by atoms with Gasteiger partial charge in [0.15, 0.2) is 0 Å². The summed E-state index contributed by atoms with van der Waals surface area (Å²) in [6, 6.07) is 0. The third-order valence-corrected chi connectivity index (χ3v) is 6.10. The minimum atomic E-state index is -0.819. The van der Waals surface area contributed by atoms with Crippen LogP contribution in [0.3, 0.4) is 0 Å². The Bertz CT molecular complexity index is 425. The highest BCUT2D eigenvalue weighted by atomic mass is 16.4. The third kappa shape index (κ3) is 1.54. The molecule has 0 unspecified atom stereocenters. The van der Waals surface area contributed by atoms with Crippen LogP contribution < -0.4 is 0 Å². The number of carboxylic acids is 2. The van der Waals surface area contributed by atoms with Gasteiger partial charge in [0.2, 0.25) is 0 Å². The van der Waals surface area contributed by atoms with Crippen LogP contribution in [-0.4, -0.2) is 22.2 Å². The highest BCUT2D eigenvalue weighted by Gasteiger charge is 2.71. The van der Waals surface area contributed by atoms with Crippen LogP contribution in [-0.2, 0) is 9.59 Å². The first-order chi connectivity index (χ1) is 9.12. The van der Waals surface area contributed by atoms with E-state index in [1.54, 1.807) is 0 Å². The maximum atomic E-state index is 12.1. The molecule has 4 heteroatoms. The Morgan fingerprint density at radius 2 is 1.25 bits per heavy atom. The van der Waals surface area contributed by atoms with Crippen molar-refractivity contribution in [2.45, 2.75) is 52.9 Å². The van der Waals surface area contributed by atoms with Crippen molar-refractivity contribution in [1.29, 1.82) is 0 Å². The fourth-order valence-corrected chi connectivity index (χ4v) is 6.43. The van der Waals surface area contributed by atoms with E-state index in [1.807, 2.05) is 20.8 Å². The summed E-state index contributed by atoms with van der Waals surface area (Å²) < 4.78 is 0. The third-order valence-electron chi connectivity index (χ3n) is 6.10. The topological polar surface area (TPSA) is 74.6 Å². The van der Waals surface area contributed by atoms with Gasteiger partial charge in [-0.2, -0.15) is 0 Å². The molecular weight excluding hydrogens is 256 g/mol. The molecule has 0 saturated heterocycles. The fourth-order valence-electron chi connectivity index (χ4n) is 6.43. The average molecular weight is 280 g/mol. The lowest BCUT2D eigenvalue weighted by Crippen LogP contribution is -2.66. The highest BCUT2D eigenvalue weighted by molar-refractivity contribution is 5.82. The van der Waals surface area contributed by atoms with Crippen LogP contribution in [0.2, 0.25) is 0 Å². The van der Waals surface area contributed by atoms with Crippen molar-refractivity contribution in [3.8, 4) is 0 Å². The van der Waals surface area contributed by atoms with Crippen LogP contribution >= 0.6 is 0 Å². The summed E-state index contributed by atoms with van der Waals surface area (Å²) in [7, 11) is 0. The van der Waals surface area contributed by atoms with Gasteiger partial charge >= 0.3 is 11.9 Å². The Labute approximate surface area is 119 Å². The molecule has 0 radical (unpaired) electrons. The van der Waals surface area contributed by atoms with Crippen molar-refractivity contribution >= 4 is 11.9 Å². The van der Waals surface area contributed by atoms with Crippen molar-refractivity contribution in [1.82, 2.24) is 0 Å². The maximum absolute atomic E-state index is 12.1. The van der Waals surface area contributed by atoms with E-state index in [1.165, 1.54) is 0 Å². The number of hydrogen-bond donors (Lipinski definition) is 2. The normalized spacial score (nSPS) is 46.5. The molecule has 0 aliphatic heterocycles. The minimum Gasteiger partial charge on any atom is -0.481 e. The SMILES string of the molecule is CC(C)(C)C1C2(C(=O)O)CC3CC(C2)CC1(C(=O)O)C3. The zero-order valence-electron chi connectivity index (χ0n) is 12.5. The molecule has 4 rings (SSSR count). The Morgan fingerprint density at radius 1 is 0.900 bits per heavy atom. The largest absolute Gasteiger partial charge is 0.481 e. The smallest absolute Gasteiger partial charge is 0.309 e. The van der Waals surface area contributed by atoms with E-state index in [0.717, 1.165) is 6.42 Å². The fraction of sp³-hybridized carbons (Fsp3) is 0.875. The van der Waals surface area contributed by atoms with Crippen LogP contribution in [0.4, 0.5) is 0 Å². The molecule has 0 aromatic rings. The molecule has 0 heterocycles. The summed E-state index contributed by atoms with van der Waals surface area (Å²) in [5, 5.41) is 19.8. The van der Waals surface area contributed by atoms with E-state index in [0.29, 0.717) is 25.7 Å². The minimum absolute atomic E-state index is 0.273. The van der Waals surface area contributed by atoms with Gasteiger partial charge in [-0.1, -0.05) is 20.8 Å². The quantitative estimate of drug-likeness (QED) is 0.815. The number of carboxylic acid groups (broad SMARTS) is 2. The van der Waals surface area contributed by atoms with Gasteiger partial charge in [-0.15, -0.1) is 0 Å². The van der Waals surface area contributed by atoms with Crippen molar-refractivity contribution in [2.75, 3.05) is 0 Å². The molecule has 0 aromatic carbocycles.